The van der Waals surface area contributed by atoms with Crippen molar-refractivity contribution >= 4 is 17.6 Å². The van der Waals surface area contributed by atoms with E-state index in [9.17, 15) is 4.79 Å². The Morgan fingerprint density at radius 1 is 1.22 bits per heavy atom. The molecule has 0 bridgehead atoms. The number of halogens is 1. The molecule has 3 nitrogen and oxygen atoms in total. The van der Waals surface area contributed by atoms with Crippen LogP contribution in [0.4, 0.5) is 4.79 Å². The number of nitrogens with one attached hydrogen (secondary N) is 2. The SMILES string of the molecule is CCCCCCNC(=O)NCc1cccc(Cl)c1. The number of unbranched alkanes of at least 4 members (excludes halogenated alkanes) is 3. The van der Waals surface area contributed by atoms with Gasteiger partial charge in [-0.2, -0.15) is 0 Å². The molecule has 100 valence electrons. The van der Waals surface area contributed by atoms with Crippen molar-refractivity contribution in [3.05, 3.63) is 34.9 Å². The molecule has 0 saturated heterocycles. The van der Waals surface area contributed by atoms with Crippen LogP contribution in [0.1, 0.15) is 38.2 Å². The van der Waals surface area contributed by atoms with E-state index in [1.807, 2.05) is 24.3 Å². The zero-order chi connectivity index (χ0) is 13.2. The molecule has 2 N–H and O–H groups in total. The van der Waals surface area contributed by atoms with E-state index in [1.54, 1.807) is 0 Å². The fourth-order valence-corrected chi connectivity index (χ4v) is 1.86. The lowest BCUT2D eigenvalue weighted by atomic mass is 10.2. The third-order valence-corrected chi connectivity index (χ3v) is 2.89. The summed E-state index contributed by atoms with van der Waals surface area (Å²) < 4.78 is 0. The van der Waals surface area contributed by atoms with Crippen molar-refractivity contribution in [2.45, 2.75) is 39.2 Å². The molecule has 0 atom stereocenters. The van der Waals surface area contributed by atoms with Crippen LogP contribution in [-0.4, -0.2) is 12.6 Å². The maximum atomic E-state index is 11.5. The Balaban J connectivity index is 2.13. The zero-order valence-corrected chi connectivity index (χ0v) is 11.6. The first-order valence-corrected chi connectivity index (χ1v) is 6.86. The van der Waals surface area contributed by atoms with Gasteiger partial charge in [0.05, 0.1) is 0 Å². The highest BCUT2D eigenvalue weighted by molar-refractivity contribution is 6.30. The van der Waals surface area contributed by atoms with E-state index < -0.39 is 0 Å². The van der Waals surface area contributed by atoms with E-state index in [0.29, 0.717) is 11.6 Å². The maximum Gasteiger partial charge on any atom is 0.315 e. The van der Waals surface area contributed by atoms with Crippen LogP contribution < -0.4 is 10.6 Å². The summed E-state index contributed by atoms with van der Waals surface area (Å²) in [5.41, 5.74) is 1.00. The van der Waals surface area contributed by atoms with Gasteiger partial charge >= 0.3 is 6.03 Å². The molecule has 1 aromatic rings. The number of benzene rings is 1. The number of hydrogen-bond acceptors (Lipinski definition) is 1. The molecule has 18 heavy (non-hydrogen) atoms. The molecule has 2 amide bonds. The van der Waals surface area contributed by atoms with E-state index >= 15 is 0 Å². The summed E-state index contributed by atoms with van der Waals surface area (Å²) >= 11 is 5.86. The number of amides is 2. The van der Waals surface area contributed by atoms with Gasteiger partial charge in [0.2, 0.25) is 0 Å². The molecule has 0 aliphatic heterocycles. The summed E-state index contributed by atoms with van der Waals surface area (Å²) in [7, 11) is 0. The molecule has 4 heteroatoms. The smallest absolute Gasteiger partial charge is 0.315 e. The monoisotopic (exact) mass is 268 g/mol. The van der Waals surface area contributed by atoms with Crippen LogP contribution in [0.25, 0.3) is 0 Å². The fraction of sp³-hybridized carbons (Fsp3) is 0.500. The Morgan fingerprint density at radius 3 is 2.78 bits per heavy atom. The maximum absolute atomic E-state index is 11.5. The van der Waals surface area contributed by atoms with Crippen LogP contribution >= 0.6 is 11.6 Å². The molecule has 1 rings (SSSR count). The van der Waals surface area contributed by atoms with E-state index in [0.717, 1.165) is 18.5 Å². The molecule has 0 heterocycles. The Bertz CT molecular complexity index is 369. The Labute approximate surface area is 114 Å². The van der Waals surface area contributed by atoms with Gasteiger partial charge in [-0.25, -0.2) is 4.79 Å². The van der Waals surface area contributed by atoms with Gasteiger partial charge in [-0.05, 0) is 24.1 Å². The minimum atomic E-state index is -0.119. The van der Waals surface area contributed by atoms with Gasteiger partial charge < -0.3 is 10.6 Å². The van der Waals surface area contributed by atoms with Gasteiger partial charge in [0.1, 0.15) is 0 Å². The average Bonchev–Trinajstić information content (AvgIpc) is 2.36. The first kappa shape index (κ1) is 14.8. The lowest BCUT2D eigenvalue weighted by Crippen LogP contribution is -2.35. The van der Waals surface area contributed by atoms with Gasteiger partial charge in [-0.3, -0.25) is 0 Å². The second-order valence-electron chi connectivity index (χ2n) is 4.30. The van der Waals surface area contributed by atoms with Gasteiger partial charge in [0.25, 0.3) is 0 Å². The number of hydrogen-bond donors (Lipinski definition) is 2. The lowest BCUT2D eigenvalue weighted by Gasteiger charge is -2.07. The summed E-state index contributed by atoms with van der Waals surface area (Å²) in [5, 5.41) is 6.34. The van der Waals surface area contributed by atoms with Crippen molar-refractivity contribution in [3.8, 4) is 0 Å². The third-order valence-electron chi connectivity index (χ3n) is 2.66. The van der Waals surface area contributed by atoms with Crippen molar-refractivity contribution in [2.75, 3.05) is 6.54 Å². The molecule has 0 spiro atoms. The Hall–Kier alpha value is -1.22. The van der Waals surface area contributed by atoms with Crippen molar-refractivity contribution in [3.63, 3.8) is 0 Å². The van der Waals surface area contributed by atoms with E-state index in [2.05, 4.69) is 17.6 Å². The van der Waals surface area contributed by atoms with Crippen LogP contribution in [-0.2, 0) is 6.54 Å². The first-order valence-electron chi connectivity index (χ1n) is 6.48. The molecular formula is C14H21ClN2O. The summed E-state index contributed by atoms with van der Waals surface area (Å²) in [6.45, 7) is 3.41. The number of urea groups is 1. The van der Waals surface area contributed by atoms with Crippen molar-refractivity contribution in [1.82, 2.24) is 10.6 Å². The topological polar surface area (TPSA) is 41.1 Å². The molecule has 0 radical (unpaired) electrons. The number of carbonyl (C=O) groups excluding carboxylic acids is 1. The summed E-state index contributed by atoms with van der Waals surface area (Å²) in [5.74, 6) is 0. The second kappa shape index (κ2) is 8.81. The van der Waals surface area contributed by atoms with Crippen LogP contribution in [0, 0.1) is 0 Å². The molecular weight excluding hydrogens is 248 g/mol. The predicted octanol–water partition coefficient (Wildman–Crippen LogP) is 3.72. The highest BCUT2D eigenvalue weighted by Gasteiger charge is 2.00. The molecule has 0 saturated carbocycles. The van der Waals surface area contributed by atoms with Gasteiger partial charge in [-0.15, -0.1) is 0 Å². The van der Waals surface area contributed by atoms with Crippen LogP contribution in [0.2, 0.25) is 5.02 Å². The Kier molecular flexibility index (Phi) is 7.26. The van der Waals surface area contributed by atoms with Crippen molar-refractivity contribution in [1.29, 1.82) is 0 Å². The second-order valence-corrected chi connectivity index (χ2v) is 4.74. The zero-order valence-electron chi connectivity index (χ0n) is 10.8. The van der Waals surface area contributed by atoms with E-state index in [4.69, 9.17) is 11.6 Å². The summed E-state index contributed by atoms with van der Waals surface area (Å²) in [6.07, 6.45) is 4.65. The van der Waals surface area contributed by atoms with Crippen molar-refractivity contribution in [2.24, 2.45) is 0 Å². The van der Waals surface area contributed by atoms with Crippen LogP contribution in [0.5, 0.6) is 0 Å². The minimum Gasteiger partial charge on any atom is -0.338 e. The van der Waals surface area contributed by atoms with E-state index in [1.165, 1.54) is 19.3 Å². The minimum absolute atomic E-state index is 0.119. The van der Waals surface area contributed by atoms with Crippen molar-refractivity contribution < 1.29 is 4.79 Å². The normalized spacial score (nSPS) is 10.1. The summed E-state index contributed by atoms with van der Waals surface area (Å²) in [6, 6.07) is 7.36. The van der Waals surface area contributed by atoms with Gasteiger partial charge in [-0.1, -0.05) is 49.9 Å². The highest BCUT2D eigenvalue weighted by atomic mass is 35.5. The predicted molar refractivity (Wildman–Crippen MR) is 75.8 cm³/mol. The molecule has 0 aliphatic carbocycles. The molecule has 1 aromatic carbocycles. The number of carbonyl (C=O) groups is 1. The molecule has 0 fully saturated rings. The molecule has 0 unspecified atom stereocenters. The molecule has 0 aromatic heterocycles. The number of rotatable bonds is 7. The first-order chi connectivity index (χ1) is 8.72. The lowest BCUT2D eigenvalue weighted by molar-refractivity contribution is 0.240. The van der Waals surface area contributed by atoms with Crippen LogP contribution in [0.15, 0.2) is 24.3 Å². The van der Waals surface area contributed by atoms with E-state index in [-0.39, 0.29) is 6.03 Å². The fourth-order valence-electron chi connectivity index (χ4n) is 1.65. The summed E-state index contributed by atoms with van der Waals surface area (Å²) in [4.78, 5) is 11.5. The largest absolute Gasteiger partial charge is 0.338 e. The van der Waals surface area contributed by atoms with Crippen LogP contribution in [0.3, 0.4) is 0 Å². The standard InChI is InChI=1S/C14H21ClN2O/c1-2-3-4-5-9-16-14(18)17-11-12-7-6-8-13(15)10-12/h6-8,10H,2-5,9,11H2,1H3,(H2,16,17,18). The average molecular weight is 269 g/mol. The van der Waals surface area contributed by atoms with Gasteiger partial charge in [0, 0.05) is 18.1 Å². The Morgan fingerprint density at radius 2 is 2.06 bits per heavy atom. The quantitative estimate of drug-likeness (QED) is 0.727. The van der Waals surface area contributed by atoms with Gasteiger partial charge in [0.15, 0.2) is 0 Å². The third kappa shape index (κ3) is 6.50. The highest BCUT2D eigenvalue weighted by Crippen LogP contribution is 2.10. The molecule has 0 aliphatic rings.